The number of hydrogen-bond acceptors (Lipinski definition) is 2. The lowest BCUT2D eigenvalue weighted by molar-refractivity contribution is 0.426. The van der Waals surface area contributed by atoms with E-state index in [4.69, 9.17) is 10.0 Å². The van der Waals surface area contributed by atoms with E-state index in [1.807, 2.05) is 49.4 Å². The Kier molecular flexibility index (Phi) is 3.08. The average Bonchev–Trinajstić information content (AvgIpc) is 2.30. The van der Waals surface area contributed by atoms with Gasteiger partial charge in [0.1, 0.15) is 0 Å². The minimum atomic E-state index is -1.41. The van der Waals surface area contributed by atoms with Crippen molar-refractivity contribution in [1.29, 1.82) is 0 Å². The predicted octanol–water partition coefficient (Wildman–Crippen LogP) is 1.34. The van der Waals surface area contributed by atoms with E-state index in [1.54, 1.807) is 6.07 Å². The van der Waals surface area contributed by atoms with Crippen molar-refractivity contribution in [2.75, 3.05) is 0 Å². The first kappa shape index (κ1) is 10.9. The highest BCUT2D eigenvalue weighted by atomic mass is 16.4. The molecule has 3 heteroatoms. The van der Waals surface area contributed by atoms with Gasteiger partial charge in [0, 0.05) is 0 Å². The summed E-state index contributed by atoms with van der Waals surface area (Å²) >= 11 is 0. The molecule has 0 radical (unpaired) electrons. The molecule has 0 aliphatic rings. The SMILES string of the molecule is Cc1ccc(B(O)O)cc1-c1ccccc1. The Bertz CT molecular complexity index is 481. The van der Waals surface area contributed by atoms with Gasteiger partial charge in [-0.25, -0.2) is 0 Å². The zero-order valence-electron chi connectivity index (χ0n) is 9.09. The molecule has 0 bridgehead atoms. The summed E-state index contributed by atoms with van der Waals surface area (Å²) in [6.07, 6.45) is 0. The van der Waals surface area contributed by atoms with Crippen molar-refractivity contribution in [2.45, 2.75) is 6.92 Å². The third-order valence-corrected chi connectivity index (χ3v) is 2.64. The van der Waals surface area contributed by atoms with Crippen molar-refractivity contribution in [3.05, 3.63) is 54.1 Å². The molecule has 0 spiro atoms. The fourth-order valence-electron chi connectivity index (χ4n) is 1.73. The van der Waals surface area contributed by atoms with Crippen LogP contribution < -0.4 is 5.46 Å². The second-order valence-electron chi connectivity index (χ2n) is 3.81. The Balaban J connectivity index is 2.52. The molecule has 80 valence electrons. The van der Waals surface area contributed by atoms with E-state index in [1.165, 1.54) is 0 Å². The number of hydrogen-bond donors (Lipinski definition) is 2. The first-order valence-corrected chi connectivity index (χ1v) is 5.20. The lowest BCUT2D eigenvalue weighted by Gasteiger charge is -2.08. The highest BCUT2D eigenvalue weighted by Crippen LogP contribution is 2.21. The van der Waals surface area contributed by atoms with Crippen LogP contribution in [0, 0.1) is 6.92 Å². The summed E-state index contributed by atoms with van der Waals surface area (Å²) in [5, 5.41) is 18.3. The van der Waals surface area contributed by atoms with Crippen LogP contribution in [0.3, 0.4) is 0 Å². The van der Waals surface area contributed by atoms with Gasteiger partial charge in [0.2, 0.25) is 0 Å². The van der Waals surface area contributed by atoms with Gasteiger partial charge in [-0.1, -0.05) is 48.5 Å². The number of aryl methyl sites for hydroxylation is 1. The maximum atomic E-state index is 9.14. The fraction of sp³-hybridized carbons (Fsp3) is 0.0769. The second-order valence-corrected chi connectivity index (χ2v) is 3.81. The first-order valence-electron chi connectivity index (χ1n) is 5.20. The van der Waals surface area contributed by atoms with Crippen molar-refractivity contribution in [2.24, 2.45) is 0 Å². The standard InChI is InChI=1S/C13H13BO2/c1-10-7-8-12(14(15)16)9-13(10)11-5-3-2-4-6-11/h2-9,15-16H,1H3. The van der Waals surface area contributed by atoms with Crippen LogP contribution in [0.1, 0.15) is 5.56 Å². The highest BCUT2D eigenvalue weighted by molar-refractivity contribution is 6.58. The molecule has 0 amide bonds. The Labute approximate surface area is 95.3 Å². The smallest absolute Gasteiger partial charge is 0.423 e. The minimum Gasteiger partial charge on any atom is -0.423 e. The van der Waals surface area contributed by atoms with E-state index in [0.717, 1.165) is 16.7 Å². The van der Waals surface area contributed by atoms with Gasteiger partial charge in [0.25, 0.3) is 0 Å². The summed E-state index contributed by atoms with van der Waals surface area (Å²) in [6.45, 7) is 2.01. The van der Waals surface area contributed by atoms with Gasteiger partial charge in [-0.15, -0.1) is 0 Å². The summed E-state index contributed by atoms with van der Waals surface area (Å²) < 4.78 is 0. The minimum absolute atomic E-state index is 0.518. The van der Waals surface area contributed by atoms with Gasteiger partial charge < -0.3 is 10.0 Å². The fourth-order valence-corrected chi connectivity index (χ4v) is 1.73. The summed E-state index contributed by atoms with van der Waals surface area (Å²) in [5.74, 6) is 0. The van der Waals surface area contributed by atoms with E-state index in [-0.39, 0.29) is 0 Å². The van der Waals surface area contributed by atoms with Crippen LogP contribution >= 0.6 is 0 Å². The molecule has 0 heterocycles. The summed E-state index contributed by atoms with van der Waals surface area (Å²) in [5.41, 5.74) is 3.76. The van der Waals surface area contributed by atoms with Crippen LogP contribution in [0.4, 0.5) is 0 Å². The molecular weight excluding hydrogens is 199 g/mol. The van der Waals surface area contributed by atoms with Gasteiger partial charge >= 0.3 is 7.12 Å². The quantitative estimate of drug-likeness (QED) is 0.737. The summed E-state index contributed by atoms with van der Waals surface area (Å²) in [6, 6.07) is 15.4. The molecule has 0 atom stereocenters. The summed E-state index contributed by atoms with van der Waals surface area (Å²) in [7, 11) is -1.41. The van der Waals surface area contributed by atoms with Gasteiger partial charge in [-0.2, -0.15) is 0 Å². The molecule has 2 nitrogen and oxygen atoms in total. The van der Waals surface area contributed by atoms with E-state index >= 15 is 0 Å². The Morgan fingerprint density at radius 1 is 0.938 bits per heavy atom. The van der Waals surface area contributed by atoms with Crippen molar-refractivity contribution in [3.63, 3.8) is 0 Å². The zero-order chi connectivity index (χ0) is 11.5. The van der Waals surface area contributed by atoms with Gasteiger partial charge in [0.15, 0.2) is 0 Å². The third kappa shape index (κ3) is 2.16. The van der Waals surface area contributed by atoms with Crippen molar-refractivity contribution >= 4 is 12.6 Å². The maximum Gasteiger partial charge on any atom is 0.488 e. The largest absolute Gasteiger partial charge is 0.488 e. The highest BCUT2D eigenvalue weighted by Gasteiger charge is 2.12. The molecule has 2 aromatic carbocycles. The molecule has 0 saturated heterocycles. The molecule has 0 aliphatic heterocycles. The Morgan fingerprint density at radius 3 is 2.25 bits per heavy atom. The summed E-state index contributed by atoms with van der Waals surface area (Å²) in [4.78, 5) is 0. The number of benzene rings is 2. The van der Waals surface area contributed by atoms with Crippen molar-refractivity contribution in [3.8, 4) is 11.1 Å². The molecule has 0 unspecified atom stereocenters. The molecule has 0 aromatic heterocycles. The predicted molar refractivity (Wildman–Crippen MR) is 66.4 cm³/mol. The number of rotatable bonds is 2. The molecule has 2 aromatic rings. The van der Waals surface area contributed by atoms with E-state index in [0.29, 0.717) is 5.46 Å². The molecule has 16 heavy (non-hydrogen) atoms. The normalized spacial score (nSPS) is 10.2. The molecular formula is C13H13BO2. The lowest BCUT2D eigenvalue weighted by atomic mass is 9.78. The maximum absolute atomic E-state index is 9.14. The third-order valence-electron chi connectivity index (χ3n) is 2.64. The van der Waals surface area contributed by atoms with Crippen LogP contribution in [0.15, 0.2) is 48.5 Å². The van der Waals surface area contributed by atoms with Crippen LogP contribution in [0.2, 0.25) is 0 Å². The molecule has 2 N–H and O–H groups in total. The Morgan fingerprint density at radius 2 is 1.62 bits per heavy atom. The van der Waals surface area contributed by atoms with Gasteiger partial charge in [0.05, 0.1) is 0 Å². The second kappa shape index (κ2) is 4.52. The van der Waals surface area contributed by atoms with Crippen molar-refractivity contribution in [1.82, 2.24) is 0 Å². The average molecular weight is 212 g/mol. The van der Waals surface area contributed by atoms with Crippen LogP contribution in [-0.4, -0.2) is 17.2 Å². The van der Waals surface area contributed by atoms with E-state index in [2.05, 4.69) is 0 Å². The van der Waals surface area contributed by atoms with Crippen LogP contribution in [0.5, 0.6) is 0 Å². The van der Waals surface area contributed by atoms with E-state index < -0.39 is 7.12 Å². The van der Waals surface area contributed by atoms with Crippen LogP contribution in [0.25, 0.3) is 11.1 Å². The molecule has 0 fully saturated rings. The van der Waals surface area contributed by atoms with Gasteiger partial charge in [-0.3, -0.25) is 0 Å². The van der Waals surface area contributed by atoms with Crippen molar-refractivity contribution < 1.29 is 10.0 Å². The topological polar surface area (TPSA) is 40.5 Å². The van der Waals surface area contributed by atoms with E-state index in [9.17, 15) is 0 Å². The Hall–Kier alpha value is -1.58. The zero-order valence-corrected chi connectivity index (χ0v) is 9.09. The molecule has 0 aliphatic carbocycles. The van der Waals surface area contributed by atoms with Crippen LogP contribution in [-0.2, 0) is 0 Å². The first-order chi connectivity index (χ1) is 7.68. The van der Waals surface area contributed by atoms with Gasteiger partial charge in [-0.05, 0) is 29.1 Å². The molecule has 2 rings (SSSR count). The monoisotopic (exact) mass is 212 g/mol. The lowest BCUT2D eigenvalue weighted by Crippen LogP contribution is -2.29. The molecule has 0 saturated carbocycles.